The summed E-state index contributed by atoms with van der Waals surface area (Å²) in [7, 11) is 0. The van der Waals surface area contributed by atoms with Gasteiger partial charge in [0.05, 0.1) is 18.3 Å². The highest BCUT2D eigenvalue weighted by Crippen LogP contribution is 2.25. The number of amides is 1. The first kappa shape index (κ1) is 16.1. The lowest BCUT2D eigenvalue weighted by atomic mass is 10.2. The summed E-state index contributed by atoms with van der Waals surface area (Å²) in [6, 6.07) is 12.2. The molecule has 0 bridgehead atoms. The van der Waals surface area contributed by atoms with Gasteiger partial charge in [-0.2, -0.15) is 4.98 Å². The van der Waals surface area contributed by atoms with Crippen molar-refractivity contribution in [3.05, 3.63) is 70.5 Å². The maximum absolute atomic E-state index is 12.7. The van der Waals surface area contributed by atoms with Crippen LogP contribution in [0.2, 0.25) is 0 Å². The number of rotatable bonds is 4. The zero-order chi connectivity index (χ0) is 18.3. The molecule has 0 aliphatic rings. The molecule has 1 amide bonds. The second-order valence-electron chi connectivity index (χ2n) is 6.21. The Morgan fingerprint density at radius 1 is 1.27 bits per heavy atom. The summed E-state index contributed by atoms with van der Waals surface area (Å²) < 4.78 is 8.94. The second-order valence-corrected chi connectivity index (χ2v) is 6.21. The Morgan fingerprint density at radius 2 is 2.08 bits per heavy atom. The Bertz CT molecular complexity index is 1150. The molecule has 0 aliphatic carbocycles. The number of aromatic nitrogens is 3. The number of para-hydroxylation sites is 1. The average molecular weight is 350 g/mol. The maximum Gasteiger partial charge on any atom is 0.273 e. The van der Waals surface area contributed by atoms with Crippen LogP contribution in [-0.4, -0.2) is 20.1 Å². The standard InChI is InChI=1S/C19H18N4O3/c1-12-10-17(24)21-18-15-7-3-4-8-16(15)23(22(12)18)13(2)19(25)20-11-14-6-5-9-26-14/h3-10,13H,11H2,1-2H3,(H,20,25). The average Bonchev–Trinajstić information content (AvgIpc) is 3.25. The molecular weight excluding hydrogens is 332 g/mol. The number of carbonyl (C=O) groups is 1. The summed E-state index contributed by atoms with van der Waals surface area (Å²) in [5, 5.41) is 3.72. The van der Waals surface area contributed by atoms with Crippen molar-refractivity contribution in [2.75, 3.05) is 0 Å². The molecule has 0 fully saturated rings. The van der Waals surface area contributed by atoms with Gasteiger partial charge in [0.15, 0.2) is 5.65 Å². The van der Waals surface area contributed by atoms with E-state index in [1.165, 1.54) is 6.07 Å². The van der Waals surface area contributed by atoms with Gasteiger partial charge in [-0.1, -0.05) is 12.1 Å². The Balaban J connectivity index is 1.81. The third kappa shape index (κ3) is 2.57. The van der Waals surface area contributed by atoms with Gasteiger partial charge in [-0.25, -0.2) is 4.52 Å². The zero-order valence-corrected chi connectivity index (χ0v) is 14.5. The van der Waals surface area contributed by atoms with Crippen molar-refractivity contribution in [1.82, 2.24) is 19.5 Å². The number of hydrogen-bond acceptors (Lipinski definition) is 4. The Hall–Kier alpha value is -3.35. The number of nitrogens with zero attached hydrogens (tertiary/aromatic N) is 3. The van der Waals surface area contributed by atoms with Crippen molar-refractivity contribution < 1.29 is 9.21 Å². The van der Waals surface area contributed by atoms with Crippen LogP contribution in [0.25, 0.3) is 16.6 Å². The van der Waals surface area contributed by atoms with Crippen LogP contribution >= 0.6 is 0 Å². The predicted molar refractivity (Wildman–Crippen MR) is 97.0 cm³/mol. The molecule has 0 spiro atoms. The van der Waals surface area contributed by atoms with Gasteiger partial charge < -0.3 is 9.73 Å². The van der Waals surface area contributed by atoms with Crippen LogP contribution in [0.1, 0.15) is 24.4 Å². The fraction of sp³-hybridized carbons (Fsp3) is 0.211. The van der Waals surface area contributed by atoms with Crippen LogP contribution in [0.15, 0.2) is 57.9 Å². The minimum atomic E-state index is -0.504. The lowest BCUT2D eigenvalue weighted by molar-refractivity contribution is -0.124. The highest BCUT2D eigenvalue weighted by Gasteiger charge is 2.22. The van der Waals surface area contributed by atoms with Crippen LogP contribution < -0.4 is 10.9 Å². The van der Waals surface area contributed by atoms with Gasteiger partial charge >= 0.3 is 0 Å². The summed E-state index contributed by atoms with van der Waals surface area (Å²) in [6.45, 7) is 3.97. The summed E-state index contributed by atoms with van der Waals surface area (Å²) in [5.41, 5.74) is 1.83. The van der Waals surface area contributed by atoms with E-state index in [1.54, 1.807) is 12.3 Å². The highest BCUT2D eigenvalue weighted by atomic mass is 16.3. The maximum atomic E-state index is 12.7. The Labute approximate surface area is 148 Å². The van der Waals surface area contributed by atoms with E-state index >= 15 is 0 Å². The third-order valence-corrected chi connectivity index (χ3v) is 4.45. The third-order valence-electron chi connectivity index (χ3n) is 4.45. The second kappa shape index (κ2) is 6.18. The van der Waals surface area contributed by atoms with Crippen molar-refractivity contribution in [2.45, 2.75) is 26.4 Å². The summed E-state index contributed by atoms with van der Waals surface area (Å²) in [6.07, 6.45) is 1.57. The SMILES string of the molecule is Cc1cc(=O)nc2c3ccccc3n(C(C)C(=O)NCc3ccco3)n12. The smallest absolute Gasteiger partial charge is 0.273 e. The largest absolute Gasteiger partial charge is 0.467 e. The van der Waals surface area contributed by atoms with Gasteiger partial charge in [0.25, 0.3) is 5.56 Å². The fourth-order valence-electron chi connectivity index (χ4n) is 3.24. The van der Waals surface area contributed by atoms with E-state index in [1.807, 2.05) is 53.4 Å². The molecule has 0 saturated heterocycles. The lowest BCUT2D eigenvalue weighted by Crippen LogP contribution is -2.32. The molecule has 7 nitrogen and oxygen atoms in total. The molecule has 132 valence electrons. The summed E-state index contributed by atoms with van der Waals surface area (Å²) in [5.74, 6) is 0.538. The molecule has 1 unspecified atom stereocenters. The molecule has 0 aliphatic heterocycles. The lowest BCUT2D eigenvalue weighted by Gasteiger charge is -2.17. The minimum absolute atomic E-state index is 0.151. The van der Waals surface area contributed by atoms with Gasteiger partial charge in [-0.3, -0.25) is 14.3 Å². The molecule has 7 heteroatoms. The summed E-state index contributed by atoms with van der Waals surface area (Å²) >= 11 is 0. The van der Waals surface area contributed by atoms with Crippen LogP contribution in [0.4, 0.5) is 0 Å². The van der Waals surface area contributed by atoms with Gasteiger partial charge in [-0.15, -0.1) is 0 Å². The molecule has 0 saturated carbocycles. The van der Waals surface area contributed by atoms with E-state index in [9.17, 15) is 9.59 Å². The van der Waals surface area contributed by atoms with Gasteiger partial charge in [0.2, 0.25) is 5.91 Å². The van der Waals surface area contributed by atoms with Crippen molar-refractivity contribution in [3.8, 4) is 0 Å². The van der Waals surface area contributed by atoms with Crippen LogP contribution in [0, 0.1) is 6.92 Å². The molecule has 0 radical (unpaired) electrons. The normalized spacial score (nSPS) is 12.5. The number of carbonyl (C=O) groups excluding carboxylic acids is 1. The molecule has 3 aromatic heterocycles. The number of nitrogens with one attached hydrogen (secondary N) is 1. The number of hydrogen-bond donors (Lipinski definition) is 1. The van der Waals surface area contributed by atoms with Crippen LogP contribution in [0.5, 0.6) is 0 Å². The predicted octanol–water partition coefficient (Wildman–Crippen LogP) is 2.43. The number of aryl methyl sites for hydroxylation is 1. The van der Waals surface area contributed by atoms with Crippen molar-refractivity contribution in [3.63, 3.8) is 0 Å². The van der Waals surface area contributed by atoms with E-state index in [4.69, 9.17) is 4.42 Å². The first-order chi connectivity index (χ1) is 12.6. The van der Waals surface area contributed by atoms with Crippen molar-refractivity contribution in [1.29, 1.82) is 0 Å². The van der Waals surface area contributed by atoms with Gasteiger partial charge in [0, 0.05) is 17.1 Å². The molecule has 1 N–H and O–H groups in total. The minimum Gasteiger partial charge on any atom is -0.467 e. The quantitative estimate of drug-likeness (QED) is 0.613. The Morgan fingerprint density at radius 3 is 2.85 bits per heavy atom. The highest BCUT2D eigenvalue weighted by molar-refractivity contribution is 5.94. The molecule has 4 rings (SSSR count). The molecule has 26 heavy (non-hydrogen) atoms. The Kier molecular flexibility index (Phi) is 3.84. The molecule has 1 atom stereocenters. The number of fused-ring (bicyclic) bond motifs is 3. The molecular formula is C19H18N4O3. The number of benzene rings is 1. The van der Waals surface area contributed by atoms with Crippen molar-refractivity contribution in [2.24, 2.45) is 0 Å². The molecule has 1 aromatic carbocycles. The first-order valence-electron chi connectivity index (χ1n) is 8.36. The van der Waals surface area contributed by atoms with Gasteiger partial charge in [-0.05, 0) is 38.1 Å². The van der Waals surface area contributed by atoms with E-state index in [0.717, 1.165) is 16.6 Å². The van der Waals surface area contributed by atoms with Gasteiger partial charge in [0.1, 0.15) is 11.8 Å². The zero-order valence-electron chi connectivity index (χ0n) is 14.5. The summed E-state index contributed by atoms with van der Waals surface area (Å²) in [4.78, 5) is 28.8. The topological polar surface area (TPSA) is 81.5 Å². The molecule has 3 heterocycles. The fourth-order valence-corrected chi connectivity index (χ4v) is 3.24. The van der Waals surface area contributed by atoms with E-state index in [-0.39, 0.29) is 11.5 Å². The van der Waals surface area contributed by atoms with E-state index in [0.29, 0.717) is 18.0 Å². The van der Waals surface area contributed by atoms with E-state index < -0.39 is 6.04 Å². The van der Waals surface area contributed by atoms with Crippen LogP contribution in [-0.2, 0) is 11.3 Å². The molecule has 4 aromatic rings. The van der Waals surface area contributed by atoms with E-state index in [2.05, 4.69) is 10.3 Å². The van der Waals surface area contributed by atoms with Crippen LogP contribution in [0.3, 0.4) is 0 Å². The van der Waals surface area contributed by atoms with Crippen molar-refractivity contribution >= 4 is 22.5 Å². The number of furan rings is 1. The first-order valence-corrected chi connectivity index (χ1v) is 8.36. The monoisotopic (exact) mass is 350 g/mol.